The molecule has 0 atom stereocenters. The highest BCUT2D eigenvalue weighted by atomic mass is 16.5. The van der Waals surface area contributed by atoms with Gasteiger partial charge in [-0.25, -0.2) is 9.67 Å². The van der Waals surface area contributed by atoms with Crippen LogP contribution in [0.15, 0.2) is 24.3 Å². The highest BCUT2D eigenvalue weighted by molar-refractivity contribution is 5.83. The van der Waals surface area contributed by atoms with Crippen molar-refractivity contribution in [3.8, 4) is 23.1 Å². The number of nitrogens with two attached hydrogens (primary N) is 1. The van der Waals surface area contributed by atoms with E-state index in [2.05, 4.69) is 21.4 Å². The summed E-state index contributed by atoms with van der Waals surface area (Å²) in [6, 6.07) is 9.83. The molecule has 0 unspecified atom stereocenters. The summed E-state index contributed by atoms with van der Waals surface area (Å²) in [4.78, 5) is 4.41. The Morgan fingerprint density at radius 3 is 2.88 bits per heavy atom. The van der Waals surface area contributed by atoms with E-state index in [0.29, 0.717) is 24.4 Å². The third-order valence-corrected chi connectivity index (χ3v) is 3.78. The van der Waals surface area contributed by atoms with Crippen molar-refractivity contribution in [2.75, 3.05) is 13.2 Å². The highest BCUT2D eigenvalue weighted by Crippen LogP contribution is 2.27. The molecule has 0 saturated heterocycles. The minimum atomic E-state index is 0.275. The Morgan fingerprint density at radius 1 is 1.33 bits per heavy atom. The lowest BCUT2D eigenvalue weighted by molar-refractivity contribution is 0.311. The van der Waals surface area contributed by atoms with Crippen LogP contribution in [0.25, 0.3) is 22.3 Å². The molecule has 1 aromatic carbocycles. The number of rotatable bonds is 5. The first kappa shape index (κ1) is 15.9. The van der Waals surface area contributed by atoms with Crippen LogP contribution in [-0.2, 0) is 7.05 Å². The van der Waals surface area contributed by atoms with Gasteiger partial charge in [0.2, 0.25) is 0 Å². The van der Waals surface area contributed by atoms with E-state index in [-0.39, 0.29) is 5.69 Å². The first-order valence-corrected chi connectivity index (χ1v) is 7.68. The van der Waals surface area contributed by atoms with Crippen molar-refractivity contribution >= 4 is 11.0 Å². The highest BCUT2D eigenvalue weighted by Gasteiger charge is 2.13. The zero-order valence-corrected chi connectivity index (χ0v) is 13.7. The average Bonchev–Trinajstić information content (AvgIpc) is 2.97. The molecule has 122 valence electrons. The Bertz CT molecular complexity index is 925. The number of fused-ring (bicyclic) bond motifs is 1. The lowest BCUT2D eigenvalue weighted by atomic mass is 10.1. The molecule has 2 aromatic heterocycles. The van der Waals surface area contributed by atoms with E-state index in [9.17, 15) is 5.26 Å². The van der Waals surface area contributed by atoms with Gasteiger partial charge in [-0.15, -0.1) is 5.10 Å². The van der Waals surface area contributed by atoms with E-state index in [1.54, 1.807) is 11.7 Å². The van der Waals surface area contributed by atoms with Crippen molar-refractivity contribution in [2.45, 2.75) is 13.3 Å². The number of aromatic nitrogens is 4. The molecule has 0 saturated carbocycles. The second-order valence-electron chi connectivity index (χ2n) is 5.52. The maximum atomic E-state index is 9.32. The number of nitriles is 1. The van der Waals surface area contributed by atoms with E-state index < -0.39 is 0 Å². The van der Waals surface area contributed by atoms with Gasteiger partial charge in [-0.2, -0.15) is 5.26 Å². The number of nitrogens with zero attached hydrogens (tertiary/aromatic N) is 5. The van der Waals surface area contributed by atoms with Crippen molar-refractivity contribution in [1.82, 2.24) is 20.0 Å². The van der Waals surface area contributed by atoms with Crippen LogP contribution < -0.4 is 10.5 Å². The first-order chi connectivity index (χ1) is 11.6. The number of pyridine rings is 1. The molecule has 3 rings (SSSR count). The molecule has 0 radical (unpaired) electrons. The van der Waals surface area contributed by atoms with Crippen molar-refractivity contribution in [1.29, 1.82) is 5.26 Å². The van der Waals surface area contributed by atoms with E-state index in [0.717, 1.165) is 28.8 Å². The minimum Gasteiger partial charge on any atom is -0.493 e. The third kappa shape index (κ3) is 2.92. The Balaban J connectivity index is 2.00. The summed E-state index contributed by atoms with van der Waals surface area (Å²) in [5, 5.41) is 17.3. The van der Waals surface area contributed by atoms with Gasteiger partial charge >= 0.3 is 0 Å². The predicted octanol–water partition coefficient (Wildman–Crippen LogP) is 1.94. The van der Waals surface area contributed by atoms with E-state index >= 15 is 0 Å². The fourth-order valence-electron chi connectivity index (χ4n) is 2.49. The molecule has 0 aliphatic rings. The van der Waals surface area contributed by atoms with Crippen LogP contribution in [0.4, 0.5) is 0 Å². The summed E-state index contributed by atoms with van der Waals surface area (Å²) in [5.74, 6) is 0.830. The van der Waals surface area contributed by atoms with Gasteiger partial charge in [0.05, 0.1) is 17.8 Å². The molecule has 0 aliphatic carbocycles. The molecule has 7 nitrogen and oxygen atoms in total. The Kier molecular flexibility index (Phi) is 4.40. The number of aryl methyl sites for hydroxylation is 2. The maximum absolute atomic E-state index is 9.32. The summed E-state index contributed by atoms with van der Waals surface area (Å²) < 4.78 is 7.35. The van der Waals surface area contributed by atoms with Gasteiger partial charge in [0.1, 0.15) is 17.3 Å². The fraction of sp³-hybridized carbons (Fsp3) is 0.294. The largest absolute Gasteiger partial charge is 0.493 e. The molecule has 7 heteroatoms. The normalized spacial score (nSPS) is 10.8. The van der Waals surface area contributed by atoms with Gasteiger partial charge in [0.25, 0.3) is 0 Å². The summed E-state index contributed by atoms with van der Waals surface area (Å²) in [5.41, 5.74) is 9.68. The Morgan fingerprint density at radius 2 is 2.17 bits per heavy atom. The van der Waals surface area contributed by atoms with Crippen molar-refractivity contribution in [2.24, 2.45) is 12.8 Å². The maximum Gasteiger partial charge on any atom is 0.170 e. The molecule has 3 aromatic rings. The third-order valence-electron chi connectivity index (χ3n) is 3.78. The molecule has 24 heavy (non-hydrogen) atoms. The van der Waals surface area contributed by atoms with Crippen LogP contribution in [0.1, 0.15) is 17.7 Å². The van der Waals surface area contributed by atoms with Gasteiger partial charge in [-0.05, 0) is 49.7 Å². The van der Waals surface area contributed by atoms with E-state index in [4.69, 9.17) is 10.5 Å². The van der Waals surface area contributed by atoms with Gasteiger partial charge in [-0.1, -0.05) is 5.21 Å². The first-order valence-electron chi connectivity index (χ1n) is 7.68. The molecular formula is C17H18N6O. The van der Waals surface area contributed by atoms with Gasteiger partial charge in [0.15, 0.2) is 5.69 Å². The van der Waals surface area contributed by atoms with Crippen LogP contribution in [-0.4, -0.2) is 33.1 Å². The molecule has 0 fully saturated rings. The SMILES string of the molecule is Cc1cc(-c2cc3c(nnn3C)c(C#N)n2)ccc1OCCCN. The topological polar surface area (TPSA) is 103 Å². The van der Waals surface area contributed by atoms with Crippen LogP contribution in [0.5, 0.6) is 5.75 Å². The molecule has 2 N–H and O–H groups in total. The summed E-state index contributed by atoms with van der Waals surface area (Å²) in [6.07, 6.45) is 0.818. The van der Waals surface area contributed by atoms with Crippen molar-refractivity contribution in [3.63, 3.8) is 0 Å². The van der Waals surface area contributed by atoms with Crippen LogP contribution in [0.3, 0.4) is 0 Å². The monoisotopic (exact) mass is 322 g/mol. The van der Waals surface area contributed by atoms with E-state index in [1.165, 1.54) is 0 Å². The molecule has 0 amide bonds. The fourth-order valence-corrected chi connectivity index (χ4v) is 2.49. The zero-order valence-electron chi connectivity index (χ0n) is 13.7. The molecule has 2 heterocycles. The number of hydrogen-bond donors (Lipinski definition) is 1. The van der Waals surface area contributed by atoms with Gasteiger partial charge in [0, 0.05) is 12.6 Å². The Labute approximate surface area is 139 Å². The number of ether oxygens (including phenoxy) is 1. The molecular weight excluding hydrogens is 304 g/mol. The number of benzene rings is 1. The van der Waals surface area contributed by atoms with Crippen molar-refractivity contribution in [3.05, 3.63) is 35.5 Å². The Hall–Kier alpha value is -2.98. The van der Waals surface area contributed by atoms with Gasteiger partial charge in [-0.3, -0.25) is 0 Å². The summed E-state index contributed by atoms with van der Waals surface area (Å²) >= 11 is 0. The van der Waals surface area contributed by atoms with Crippen molar-refractivity contribution < 1.29 is 4.74 Å². The molecule has 0 bridgehead atoms. The minimum absolute atomic E-state index is 0.275. The summed E-state index contributed by atoms with van der Waals surface area (Å²) in [6.45, 7) is 3.19. The second-order valence-corrected chi connectivity index (χ2v) is 5.52. The van der Waals surface area contributed by atoms with Crippen LogP contribution in [0.2, 0.25) is 0 Å². The lowest BCUT2D eigenvalue weighted by Gasteiger charge is -2.10. The van der Waals surface area contributed by atoms with Crippen LogP contribution >= 0.6 is 0 Å². The lowest BCUT2D eigenvalue weighted by Crippen LogP contribution is -2.06. The summed E-state index contributed by atoms with van der Waals surface area (Å²) in [7, 11) is 1.79. The van der Waals surface area contributed by atoms with Gasteiger partial charge < -0.3 is 10.5 Å². The number of hydrogen-bond acceptors (Lipinski definition) is 6. The van der Waals surface area contributed by atoms with Crippen LogP contribution in [0, 0.1) is 18.3 Å². The quantitative estimate of drug-likeness (QED) is 0.720. The molecule has 0 spiro atoms. The standard InChI is InChI=1S/C17H18N6O/c1-11-8-12(4-5-16(11)24-7-3-6-18)13-9-15-17(14(10-19)20-13)21-22-23(15)2/h4-5,8-9H,3,6-7,18H2,1-2H3. The molecule has 0 aliphatic heterocycles. The predicted molar refractivity (Wildman–Crippen MR) is 90.4 cm³/mol. The zero-order chi connectivity index (χ0) is 17.1. The average molecular weight is 322 g/mol. The smallest absolute Gasteiger partial charge is 0.170 e. The van der Waals surface area contributed by atoms with E-state index in [1.807, 2.05) is 31.2 Å². The second kappa shape index (κ2) is 6.64.